The second-order valence-corrected chi connectivity index (χ2v) is 7.18. The number of hydrogen-bond acceptors (Lipinski definition) is 2. The molecular weight excluding hydrogens is 298 g/mol. The Morgan fingerprint density at radius 1 is 0.875 bits per heavy atom. The summed E-state index contributed by atoms with van der Waals surface area (Å²) in [5.74, 6) is 0. The van der Waals surface area contributed by atoms with Crippen molar-refractivity contribution in [1.29, 1.82) is 0 Å². The molecule has 3 rings (SSSR count). The summed E-state index contributed by atoms with van der Waals surface area (Å²) in [5.41, 5.74) is 1.21. The highest BCUT2D eigenvalue weighted by molar-refractivity contribution is 5.74. The molecule has 0 aliphatic carbocycles. The van der Waals surface area contributed by atoms with E-state index in [0.717, 1.165) is 45.6 Å². The second-order valence-electron chi connectivity index (χ2n) is 7.18. The van der Waals surface area contributed by atoms with Crippen LogP contribution < -0.4 is 5.32 Å². The maximum Gasteiger partial charge on any atom is 0.317 e. The van der Waals surface area contributed by atoms with E-state index < -0.39 is 0 Å². The van der Waals surface area contributed by atoms with Gasteiger partial charge in [0.1, 0.15) is 0 Å². The number of urea groups is 1. The van der Waals surface area contributed by atoms with Crippen LogP contribution in [0.4, 0.5) is 4.79 Å². The lowest BCUT2D eigenvalue weighted by molar-refractivity contribution is 0.183. The number of carbonyl (C=O) groups is 1. The molecule has 2 aliphatic rings. The summed E-state index contributed by atoms with van der Waals surface area (Å²) < 4.78 is 0. The van der Waals surface area contributed by atoms with Crippen LogP contribution in [-0.4, -0.2) is 48.6 Å². The minimum absolute atomic E-state index is 0.0854. The molecule has 0 radical (unpaired) electrons. The van der Waals surface area contributed by atoms with Crippen molar-refractivity contribution in [3.8, 4) is 0 Å². The van der Waals surface area contributed by atoms with Crippen LogP contribution >= 0.6 is 0 Å². The lowest BCUT2D eigenvalue weighted by Gasteiger charge is -2.30. The van der Waals surface area contributed by atoms with Crippen molar-refractivity contribution in [2.45, 2.75) is 51.0 Å². The SMILES string of the molecule is O=C(NC(CN1CCCC1)c1ccccc1)N1CCCCCCC1. The minimum atomic E-state index is 0.0854. The Labute approximate surface area is 146 Å². The number of amides is 2. The standard InChI is InChI=1S/C20H31N3O/c24-20(23-15-7-2-1-3-8-16-23)21-19(17-22-13-9-10-14-22)18-11-5-4-6-12-18/h4-6,11-12,19H,1-3,7-10,13-17H2,(H,21,24). The summed E-state index contributed by atoms with van der Waals surface area (Å²) in [7, 11) is 0. The number of rotatable bonds is 4. The Hall–Kier alpha value is -1.55. The van der Waals surface area contributed by atoms with E-state index in [1.54, 1.807) is 0 Å². The molecular formula is C20H31N3O. The lowest BCUT2D eigenvalue weighted by Crippen LogP contribution is -2.45. The fourth-order valence-corrected chi connectivity index (χ4v) is 3.83. The summed E-state index contributed by atoms with van der Waals surface area (Å²) >= 11 is 0. The largest absolute Gasteiger partial charge is 0.330 e. The first-order valence-electron chi connectivity index (χ1n) is 9.66. The predicted octanol–water partition coefficient (Wildman–Crippen LogP) is 3.80. The van der Waals surface area contributed by atoms with Crippen molar-refractivity contribution < 1.29 is 4.79 Å². The van der Waals surface area contributed by atoms with E-state index in [1.165, 1.54) is 37.7 Å². The maximum atomic E-state index is 12.8. The zero-order valence-corrected chi connectivity index (χ0v) is 14.8. The van der Waals surface area contributed by atoms with E-state index in [1.807, 2.05) is 11.0 Å². The number of carbonyl (C=O) groups excluding carboxylic acids is 1. The summed E-state index contributed by atoms with van der Waals surface area (Å²) in [6, 6.07) is 10.6. The van der Waals surface area contributed by atoms with Gasteiger partial charge in [0.15, 0.2) is 0 Å². The smallest absolute Gasteiger partial charge is 0.317 e. The highest BCUT2D eigenvalue weighted by atomic mass is 16.2. The van der Waals surface area contributed by atoms with Crippen molar-refractivity contribution in [1.82, 2.24) is 15.1 Å². The highest BCUT2D eigenvalue weighted by Gasteiger charge is 2.23. The summed E-state index contributed by atoms with van der Waals surface area (Å²) in [5, 5.41) is 3.32. The van der Waals surface area contributed by atoms with Crippen molar-refractivity contribution >= 4 is 6.03 Å². The van der Waals surface area contributed by atoms with Gasteiger partial charge >= 0.3 is 6.03 Å². The molecule has 0 spiro atoms. The van der Waals surface area contributed by atoms with Gasteiger partial charge in [0.05, 0.1) is 6.04 Å². The van der Waals surface area contributed by atoms with Gasteiger partial charge in [-0.15, -0.1) is 0 Å². The molecule has 4 nitrogen and oxygen atoms in total. The monoisotopic (exact) mass is 329 g/mol. The molecule has 4 heteroatoms. The van der Waals surface area contributed by atoms with Gasteiger partial charge in [0.25, 0.3) is 0 Å². The van der Waals surface area contributed by atoms with E-state index >= 15 is 0 Å². The van der Waals surface area contributed by atoms with Crippen LogP contribution in [0, 0.1) is 0 Å². The first kappa shape index (κ1) is 17.3. The number of likely N-dealkylation sites (tertiary alicyclic amines) is 2. The van der Waals surface area contributed by atoms with Crippen LogP contribution in [0.1, 0.15) is 56.6 Å². The molecule has 2 heterocycles. The van der Waals surface area contributed by atoms with Crippen LogP contribution in [-0.2, 0) is 0 Å². The minimum Gasteiger partial charge on any atom is -0.330 e. The summed E-state index contributed by atoms with van der Waals surface area (Å²) in [4.78, 5) is 17.3. The van der Waals surface area contributed by atoms with E-state index in [0.29, 0.717) is 0 Å². The lowest BCUT2D eigenvalue weighted by atomic mass is 10.1. The Kier molecular flexibility index (Phi) is 6.53. The maximum absolute atomic E-state index is 12.8. The average molecular weight is 329 g/mol. The van der Waals surface area contributed by atoms with Crippen LogP contribution in [0.5, 0.6) is 0 Å². The Bertz CT molecular complexity index is 491. The second kappa shape index (κ2) is 9.07. The van der Waals surface area contributed by atoms with Gasteiger partial charge < -0.3 is 15.1 Å². The first-order valence-corrected chi connectivity index (χ1v) is 9.66. The number of nitrogens with zero attached hydrogens (tertiary/aromatic N) is 2. The molecule has 2 amide bonds. The van der Waals surface area contributed by atoms with Crippen molar-refractivity contribution in [3.05, 3.63) is 35.9 Å². The number of hydrogen-bond donors (Lipinski definition) is 1. The van der Waals surface area contributed by atoms with Gasteiger partial charge in [-0.25, -0.2) is 4.79 Å². The van der Waals surface area contributed by atoms with Crippen LogP contribution in [0.3, 0.4) is 0 Å². The van der Waals surface area contributed by atoms with E-state index in [4.69, 9.17) is 0 Å². The number of nitrogens with one attached hydrogen (secondary N) is 1. The molecule has 2 saturated heterocycles. The Balaban J connectivity index is 1.64. The topological polar surface area (TPSA) is 35.6 Å². The van der Waals surface area contributed by atoms with Gasteiger partial charge in [-0.05, 0) is 44.3 Å². The zero-order chi connectivity index (χ0) is 16.6. The van der Waals surface area contributed by atoms with Crippen LogP contribution in [0.25, 0.3) is 0 Å². The normalized spacial score (nSPS) is 21.1. The molecule has 0 aromatic heterocycles. The first-order chi connectivity index (χ1) is 11.8. The molecule has 1 aromatic rings. The van der Waals surface area contributed by atoms with Gasteiger partial charge in [-0.1, -0.05) is 49.6 Å². The fraction of sp³-hybridized carbons (Fsp3) is 0.650. The molecule has 1 aromatic carbocycles. The fourth-order valence-electron chi connectivity index (χ4n) is 3.83. The van der Waals surface area contributed by atoms with Crippen LogP contribution in [0.15, 0.2) is 30.3 Å². The number of benzene rings is 1. The highest BCUT2D eigenvalue weighted by Crippen LogP contribution is 2.19. The Morgan fingerprint density at radius 2 is 1.46 bits per heavy atom. The summed E-state index contributed by atoms with van der Waals surface area (Å²) in [6.45, 7) is 5.03. The molecule has 1 N–H and O–H groups in total. The van der Waals surface area contributed by atoms with Gasteiger partial charge in [0, 0.05) is 19.6 Å². The molecule has 132 valence electrons. The van der Waals surface area contributed by atoms with Crippen LogP contribution in [0.2, 0.25) is 0 Å². The van der Waals surface area contributed by atoms with Gasteiger partial charge in [-0.2, -0.15) is 0 Å². The molecule has 1 unspecified atom stereocenters. The van der Waals surface area contributed by atoms with Crippen molar-refractivity contribution in [2.75, 3.05) is 32.7 Å². The van der Waals surface area contributed by atoms with E-state index in [-0.39, 0.29) is 12.1 Å². The predicted molar refractivity (Wildman–Crippen MR) is 98.0 cm³/mol. The van der Waals surface area contributed by atoms with Crippen molar-refractivity contribution in [2.24, 2.45) is 0 Å². The third kappa shape index (κ3) is 4.97. The Morgan fingerprint density at radius 3 is 2.12 bits per heavy atom. The third-order valence-electron chi connectivity index (χ3n) is 5.28. The molecule has 2 aliphatic heterocycles. The quantitative estimate of drug-likeness (QED) is 0.912. The average Bonchev–Trinajstić information content (AvgIpc) is 3.08. The van der Waals surface area contributed by atoms with Gasteiger partial charge in [-0.3, -0.25) is 0 Å². The molecule has 24 heavy (non-hydrogen) atoms. The molecule has 1 atom stereocenters. The van der Waals surface area contributed by atoms with Crippen molar-refractivity contribution in [3.63, 3.8) is 0 Å². The summed E-state index contributed by atoms with van der Waals surface area (Å²) in [6.07, 6.45) is 8.64. The third-order valence-corrected chi connectivity index (χ3v) is 5.28. The van der Waals surface area contributed by atoms with Gasteiger partial charge in [0.2, 0.25) is 0 Å². The van der Waals surface area contributed by atoms with E-state index in [2.05, 4.69) is 34.5 Å². The molecule has 0 saturated carbocycles. The zero-order valence-electron chi connectivity index (χ0n) is 14.8. The molecule has 2 fully saturated rings. The molecule has 0 bridgehead atoms. The van der Waals surface area contributed by atoms with E-state index in [9.17, 15) is 4.79 Å².